The van der Waals surface area contributed by atoms with Gasteiger partial charge in [0.25, 0.3) is 0 Å². The zero-order valence-corrected chi connectivity index (χ0v) is 9.99. The molecule has 3 nitrogen and oxygen atoms in total. The van der Waals surface area contributed by atoms with Crippen LogP contribution in [0.4, 0.5) is 0 Å². The van der Waals surface area contributed by atoms with Gasteiger partial charge in [-0.3, -0.25) is 0 Å². The minimum Gasteiger partial charge on any atom is -0.341 e. The average Bonchev–Trinajstić information content (AvgIpc) is 2.80. The summed E-state index contributed by atoms with van der Waals surface area (Å²) in [7, 11) is 0. The summed E-state index contributed by atoms with van der Waals surface area (Å²) in [5.74, 6) is 6.69. The number of rotatable bonds is 2. The Morgan fingerprint density at radius 3 is 2.53 bits per heavy atom. The lowest BCUT2D eigenvalue weighted by Crippen LogP contribution is -2.06. The Hall–Kier alpha value is -2.05. The van der Waals surface area contributed by atoms with E-state index in [-0.39, 0.29) is 6.04 Å². The third-order valence-corrected chi connectivity index (χ3v) is 2.49. The summed E-state index contributed by atoms with van der Waals surface area (Å²) in [5.41, 5.74) is 8.84. The van der Waals surface area contributed by atoms with Crippen LogP contribution in [0.25, 0.3) is 11.3 Å². The van der Waals surface area contributed by atoms with Crippen LogP contribution < -0.4 is 5.73 Å². The number of imidazole rings is 1. The van der Waals surface area contributed by atoms with Crippen molar-refractivity contribution in [3.63, 3.8) is 0 Å². The molecule has 86 valence electrons. The molecule has 0 unspecified atom stereocenters. The highest BCUT2D eigenvalue weighted by Crippen LogP contribution is 2.18. The summed E-state index contributed by atoms with van der Waals surface area (Å²) in [6.07, 6.45) is 1.80. The molecule has 1 aromatic heterocycles. The molecule has 0 fully saturated rings. The predicted molar refractivity (Wildman–Crippen MR) is 69.2 cm³/mol. The van der Waals surface area contributed by atoms with Crippen LogP contribution in [0, 0.1) is 11.8 Å². The Balaban J connectivity index is 2.29. The van der Waals surface area contributed by atoms with Gasteiger partial charge in [-0.25, -0.2) is 4.98 Å². The summed E-state index contributed by atoms with van der Waals surface area (Å²) in [6.45, 7) is 3.74. The van der Waals surface area contributed by atoms with Crippen molar-refractivity contribution < 1.29 is 0 Å². The Morgan fingerprint density at radius 1 is 1.29 bits per heavy atom. The van der Waals surface area contributed by atoms with E-state index in [2.05, 4.69) is 21.8 Å². The molecule has 3 heteroatoms. The normalized spacial score (nSPS) is 11.7. The quantitative estimate of drug-likeness (QED) is 0.771. The van der Waals surface area contributed by atoms with E-state index in [9.17, 15) is 0 Å². The van der Waals surface area contributed by atoms with Gasteiger partial charge in [-0.05, 0) is 31.5 Å². The standard InChI is InChI=1S/C14H15N3/c1-3-4-11-5-7-12(8-6-11)13-9-16-14(17-13)10(2)15/h5-10H,15H2,1-2H3,(H,16,17)/t10-/m1/s1. The first-order chi connectivity index (χ1) is 8.20. The smallest absolute Gasteiger partial charge is 0.123 e. The van der Waals surface area contributed by atoms with E-state index in [1.54, 1.807) is 6.20 Å². The van der Waals surface area contributed by atoms with Gasteiger partial charge in [0.1, 0.15) is 5.82 Å². The molecular formula is C14H15N3. The van der Waals surface area contributed by atoms with Gasteiger partial charge in [-0.2, -0.15) is 0 Å². The van der Waals surface area contributed by atoms with Crippen LogP contribution in [0.5, 0.6) is 0 Å². The lowest BCUT2D eigenvalue weighted by Gasteiger charge is -2.00. The molecule has 0 radical (unpaired) electrons. The number of hydrogen-bond acceptors (Lipinski definition) is 2. The van der Waals surface area contributed by atoms with Gasteiger partial charge in [0, 0.05) is 5.56 Å². The number of H-pyrrole nitrogens is 1. The molecule has 0 spiro atoms. The molecule has 2 rings (SSSR count). The summed E-state index contributed by atoms with van der Waals surface area (Å²) in [5, 5.41) is 0. The summed E-state index contributed by atoms with van der Waals surface area (Å²) in [4.78, 5) is 7.45. The fraction of sp³-hybridized carbons (Fsp3) is 0.214. The van der Waals surface area contributed by atoms with Crippen LogP contribution in [0.2, 0.25) is 0 Å². The second kappa shape index (κ2) is 4.86. The van der Waals surface area contributed by atoms with Gasteiger partial charge < -0.3 is 10.7 Å². The molecule has 0 bridgehead atoms. The van der Waals surface area contributed by atoms with E-state index in [4.69, 9.17) is 5.73 Å². The second-order valence-electron chi connectivity index (χ2n) is 3.92. The number of benzene rings is 1. The SMILES string of the molecule is CC#Cc1ccc(-c2cnc([C@@H](C)N)[nH]2)cc1. The Morgan fingerprint density at radius 2 is 2.00 bits per heavy atom. The largest absolute Gasteiger partial charge is 0.341 e. The number of aromatic amines is 1. The van der Waals surface area contributed by atoms with Crippen molar-refractivity contribution >= 4 is 0 Å². The molecule has 0 aliphatic carbocycles. The highest BCUT2D eigenvalue weighted by atomic mass is 14.9. The molecule has 0 saturated carbocycles. The third kappa shape index (κ3) is 2.55. The first kappa shape index (κ1) is 11.4. The van der Waals surface area contributed by atoms with Gasteiger partial charge >= 0.3 is 0 Å². The fourth-order valence-electron chi connectivity index (χ4n) is 1.59. The molecule has 0 saturated heterocycles. The molecule has 2 aromatic rings. The lowest BCUT2D eigenvalue weighted by atomic mass is 10.1. The maximum atomic E-state index is 5.76. The average molecular weight is 225 g/mol. The Bertz CT molecular complexity index is 553. The van der Waals surface area contributed by atoms with E-state index < -0.39 is 0 Å². The molecule has 0 aliphatic rings. The number of nitrogens with one attached hydrogen (secondary N) is 1. The van der Waals surface area contributed by atoms with E-state index >= 15 is 0 Å². The zero-order chi connectivity index (χ0) is 12.3. The van der Waals surface area contributed by atoms with Crippen LogP contribution in [-0.2, 0) is 0 Å². The van der Waals surface area contributed by atoms with Crippen molar-refractivity contribution in [1.82, 2.24) is 9.97 Å². The van der Waals surface area contributed by atoms with Crippen molar-refractivity contribution in [3.05, 3.63) is 41.9 Å². The maximum Gasteiger partial charge on any atom is 0.123 e. The predicted octanol–water partition coefficient (Wildman–Crippen LogP) is 2.47. The molecule has 17 heavy (non-hydrogen) atoms. The summed E-state index contributed by atoms with van der Waals surface area (Å²) < 4.78 is 0. The van der Waals surface area contributed by atoms with Crippen LogP contribution in [0.3, 0.4) is 0 Å². The Kier molecular flexibility index (Phi) is 3.27. The van der Waals surface area contributed by atoms with Gasteiger partial charge in [0.05, 0.1) is 17.9 Å². The maximum absolute atomic E-state index is 5.76. The third-order valence-electron chi connectivity index (χ3n) is 2.49. The zero-order valence-electron chi connectivity index (χ0n) is 9.99. The highest BCUT2D eigenvalue weighted by Gasteiger charge is 2.06. The summed E-state index contributed by atoms with van der Waals surface area (Å²) >= 11 is 0. The van der Waals surface area contributed by atoms with Gasteiger partial charge in [-0.15, -0.1) is 5.92 Å². The van der Waals surface area contributed by atoms with Crippen LogP contribution in [-0.4, -0.2) is 9.97 Å². The van der Waals surface area contributed by atoms with Crippen LogP contribution in [0.1, 0.15) is 31.3 Å². The van der Waals surface area contributed by atoms with E-state index in [0.29, 0.717) is 0 Å². The van der Waals surface area contributed by atoms with Crippen molar-refractivity contribution in [3.8, 4) is 23.1 Å². The molecule has 1 heterocycles. The van der Waals surface area contributed by atoms with Crippen molar-refractivity contribution in [2.24, 2.45) is 5.73 Å². The lowest BCUT2D eigenvalue weighted by molar-refractivity contribution is 0.756. The molecule has 0 aliphatic heterocycles. The molecule has 3 N–H and O–H groups in total. The number of nitrogens with two attached hydrogens (primary N) is 1. The van der Waals surface area contributed by atoms with Crippen LogP contribution in [0.15, 0.2) is 30.5 Å². The number of aromatic nitrogens is 2. The van der Waals surface area contributed by atoms with Gasteiger partial charge in [0.2, 0.25) is 0 Å². The second-order valence-corrected chi connectivity index (χ2v) is 3.92. The van der Waals surface area contributed by atoms with Gasteiger partial charge in [0.15, 0.2) is 0 Å². The van der Waals surface area contributed by atoms with Crippen molar-refractivity contribution in [2.45, 2.75) is 19.9 Å². The summed E-state index contributed by atoms with van der Waals surface area (Å²) in [6, 6.07) is 7.97. The highest BCUT2D eigenvalue weighted by molar-refractivity contribution is 5.60. The fourth-order valence-corrected chi connectivity index (χ4v) is 1.59. The molecule has 1 aromatic carbocycles. The molecule has 1 atom stereocenters. The van der Waals surface area contributed by atoms with Gasteiger partial charge in [-0.1, -0.05) is 18.1 Å². The number of hydrogen-bond donors (Lipinski definition) is 2. The first-order valence-corrected chi connectivity index (χ1v) is 5.54. The van der Waals surface area contributed by atoms with Crippen molar-refractivity contribution in [2.75, 3.05) is 0 Å². The van der Waals surface area contributed by atoms with E-state index in [1.165, 1.54) is 0 Å². The molecular weight excluding hydrogens is 210 g/mol. The first-order valence-electron chi connectivity index (χ1n) is 5.54. The minimum absolute atomic E-state index is 0.0750. The van der Waals surface area contributed by atoms with E-state index in [1.807, 2.05) is 38.1 Å². The Labute approximate surface area is 101 Å². The van der Waals surface area contributed by atoms with Crippen LogP contribution >= 0.6 is 0 Å². The molecule has 0 amide bonds. The topological polar surface area (TPSA) is 54.7 Å². The van der Waals surface area contributed by atoms with Crippen molar-refractivity contribution in [1.29, 1.82) is 0 Å². The minimum atomic E-state index is -0.0750. The monoisotopic (exact) mass is 225 g/mol. The number of nitrogens with zero attached hydrogens (tertiary/aromatic N) is 1. The van der Waals surface area contributed by atoms with E-state index in [0.717, 1.165) is 22.6 Å².